The fraction of sp³-hybridized carbons (Fsp3) is 0.533. The van der Waals surface area contributed by atoms with Gasteiger partial charge in [0.05, 0.1) is 11.5 Å². The molecule has 2 rings (SSSR count). The molecule has 1 fully saturated rings. The van der Waals surface area contributed by atoms with Gasteiger partial charge in [-0.25, -0.2) is 0 Å². The van der Waals surface area contributed by atoms with Crippen LogP contribution in [0.15, 0.2) is 23.1 Å². The highest BCUT2D eigenvalue weighted by Crippen LogP contribution is 2.23. The molecule has 1 aromatic heterocycles. The van der Waals surface area contributed by atoms with Crippen LogP contribution in [-0.2, 0) is 9.53 Å². The molecule has 1 saturated heterocycles. The topological polar surface area (TPSA) is 108 Å². The molecule has 0 saturated carbocycles. The van der Waals surface area contributed by atoms with E-state index in [-0.39, 0.29) is 12.1 Å². The molecule has 3 N–H and O–H groups in total. The Bertz CT molecular complexity index is 557. The first-order valence-electron chi connectivity index (χ1n) is 7.33. The third kappa shape index (κ3) is 4.70. The van der Waals surface area contributed by atoms with Crippen molar-refractivity contribution >= 4 is 11.9 Å². The number of carbonyl (C=O) groups is 2. The third-order valence-electron chi connectivity index (χ3n) is 3.86. The Labute approximate surface area is 127 Å². The first-order valence-corrected chi connectivity index (χ1v) is 7.33. The van der Waals surface area contributed by atoms with Crippen LogP contribution in [0, 0.1) is 11.8 Å². The van der Waals surface area contributed by atoms with Gasteiger partial charge in [0, 0.05) is 32.0 Å². The fourth-order valence-corrected chi connectivity index (χ4v) is 2.53. The average molecular weight is 308 g/mol. The van der Waals surface area contributed by atoms with Crippen molar-refractivity contribution in [1.29, 1.82) is 0 Å². The highest BCUT2D eigenvalue weighted by atomic mass is 16.5. The first kappa shape index (κ1) is 16.2. The minimum atomic E-state index is -0.909. The van der Waals surface area contributed by atoms with E-state index in [0.717, 1.165) is 12.8 Å². The predicted molar refractivity (Wildman–Crippen MR) is 78.7 cm³/mol. The lowest BCUT2D eigenvalue weighted by molar-refractivity contribution is -0.142. The largest absolute Gasteiger partial charge is 0.481 e. The lowest BCUT2D eigenvalue weighted by Crippen LogP contribution is -2.35. The summed E-state index contributed by atoms with van der Waals surface area (Å²) in [5.74, 6) is -1.60. The Balaban J connectivity index is 1.87. The number of pyridine rings is 1. The first-order chi connectivity index (χ1) is 10.6. The summed E-state index contributed by atoms with van der Waals surface area (Å²) < 4.78 is 5.26. The van der Waals surface area contributed by atoms with Crippen molar-refractivity contribution < 1.29 is 19.4 Å². The van der Waals surface area contributed by atoms with Crippen molar-refractivity contribution in [2.24, 2.45) is 11.8 Å². The highest BCUT2D eigenvalue weighted by Gasteiger charge is 2.24. The van der Waals surface area contributed by atoms with Crippen LogP contribution in [0.1, 0.15) is 29.6 Å². The van der Waals surface area contributed by atoms with Crippen LogP contribution >= 0.6 is 0 Å². The zero-order valence-corrected chi connectivity index (χ0v) is 12.2. The molecule has 0 spiro atoms. The Morgan fingerprint density at radius 1 is 1.36 bits per heavy atom. The Morgan fingerprint density at radius 2 is 2.09 bits per heavy atom. The monoisotopic (exact) mass is 308 g/mol. The number of carbonyl (C=O) groups excluding carboxylic acids is 1. The maximum atomic E-state index is 11.9. The number of hydrogen-bond donors (Lipinski definition) is 3. The third-order valence-corrected chi connectivity index (χ3v) is 3.86. The number of nitrogens with one attached hydrogen (secondary N) is 2. The summed E-state index contributed by atoms with van der Waals surface area (Å²) in [6, 6.07) is 2.66. The second-order valence-corrected chi connectivity index (χ2v) is 5.48. The minimum absolute atomic E-state index is 0.0741. The number of H-pyrrole nitrogens is 1. The van der Waals surface area contributed by atoms with Gasteiger partial charge in [-0.3, -0.25) is 14.4 Å². The van der Waals surface area contributed by atoms with E-state index in [4.69, 9.17) is 4.74 Å². The molecule has 2 heterocycles. The Hall–Kier alpha value is -2.15. The van der Waals surface area contributed by atoms with Gasteiger partial charge in [0.1, 0.15) is 0 Å². The molecule has 0 bridgehead atoms. The van der Waals surface area contributed by atoms with Gasteiger partial charge < -0.3 is 20.1 Å². The molecule has 1 aromatic rings. The van der Waals surface area contributed by atoms with E-state index in [2.05, 4.69) is 10.3 Å². The number of aromatic amines is 1. The molecular weight excluding hydrogens is 288 g/mol. The zero-order valence-electron chi connectivity index (χ0n) is 12.2. The molecule has 0 aliphatic carbocycles. The van der Waals surface area contributed by atoms with E-state index in [1.54, 1.807) is 0 Å². The number of rotatable bonds is 6. The van der Waals surface area contributed by atoms with Crippen LogP contribution in [0.5, 0.6) is 0 Å². The molecular formula is C15H20N2O5. The smallest absolute Gasteiger partial charge is 0.308 e. The van der Waals surface area contributed by atoms with Crippen LogP contribution in [-0.4, -0.2) is 41.7 Å². The van der Waals surface area contributed by atoms with Gasteiger partial charge in [-0.05, 0) is 31.2 Å². The maximum Gasteiger partial charge on any atom is 0.308 e. The number of ether oxygens (including phenoxy) is 1. The summed E-state index contributed by atoms with van der Waals surface area (Å²) in [5.41, 5.74) is 0.00860. The lowest BCUT2D eigenvalue weighted by atomic mass is 9.89. The Kier molecular flexibility index (Phi) is 5.71. The second kappa shape index (κ2) is 7.74. The van der Waals surface area contributed by atoms with E-state index >= 15 is 0 Å². The van der Waals surface area contributed by atoms with Crippen molar-refractivity contribution in [1.82, 2.24) is 10.3 Å². The van der Waals surface area contributed by atoms with Gasteiger partial charge in [-0.2, -0.15) is 0 Å². The number of aromatic nitrogens is 1. The van der Waals surface area contributed by atoms with Gasteiger partial charge in [0.25, 0.3) is 5.91 Å². The molecule has 1 aliphatic heterocycles. The number of amides is 1. The summed E-state index contributed by atoms with van der Waals surface area (Å²) in [6.45, 7) is 1.41. The fourth-order valence-electron chi connectivity index (χ4n) is 2.53. The van der Waals surface area contributed by atoms with Crippen molar-refractivity contribution in [3.8, 4) is 0 Å². The lowest BCUT2D eigenvalue weighted by Gasteiger charge is -2.24. The second-order valence-electron chi connectivity index (χ2n) is 5.48. The molecule has 7 nitrogen and oxygen atoms in total. The molecule has 1 aliphatic rings. The molecule has 1 atom stereocenters. The van der Waals surface area contributed by atoms with Crippen molar-refractivity contribution in [2.75, 3.05) is 19.8 Å². The van der Waals surface area contributed by atoms with Gasteiger partial charge in [-0.1, -0.05) is 0 Å². The van der Waals surface area contributed by atoms with E-state index in [0.29, 0.717) is 31.1 Å². The molecule has 7 heteroatoms. The molecule has 120 valence electrons. The van der Waals surface area contributed by atoms with E-state index in [9.17, 15) is 19.5 Å². The number of aliphatic carboxylic acids is 1. The minimum Gasteiger partial charge on any atom is -0.481 e. The van der Waals surface area contributed by atoms with Gasteiger partial charge in [0.15, 0.2) is 0 Å². The summed E-state index contributed by atoms with van der Waals surface area (Å²) in [6.07, 6.45) is 3.56. The van der Waals surface area contributed by atoms with Gasteiger partial charge in [0.2, 0.25) is 5.56 Å². The van der Waals surface area contributed by atoms with Gasteiger partial charge in [-0.15, -0.1) is 0 Å². The standard InChI is InChI=1S/C15H20N2O5/c18-13-2-1-11(8-16-13)14(19)17-9-12(15(20)21)7-10-3-5-22-6-4-10/h1-2,8,10,12H,3-7,9H2,(H,16,18)(H,17,19)(H,20,21). The van der Waals surface area contributed by atoms with Crippen LogP contribution in [0.25, 0.3) is 0 Å². The summed E-state index contributed by atoms with van der Waals surface area (Å²) in [4.78, 5) is 36.6. The van der Waals surface area contributed by atoms with Crippen molar-refractivity contribution in [3.05, 3.63) is 34.2 Å². The quantitative estimate of drug-likeness (QED) is 0.714. The average Bonchev–Trinajstić information content (AvgIpc) is 2.52. The maximum absolute atomic E-state index is 11.9. The van der Waals surface area contributed by atoms with E-state index in [1.165, 1.54) is 18.3 Å². The molecule has 1 amide bonds. The summed E-state index contributed by atoms with van der Waals surface area (Å²) in [5, 5.41) is 11.9. The van der Waals surface area contributed by atoms with Crippen LogP contribution in [0.3, 0.4) is 0 Å². The number of carboxylic acid groups (broad SMARTS) is 1. The summed E-state index contributed by atoms with van der Waals surface area (Å²) >= 11 is 0. The number of carboxylic acids is 1. The van der Waals surface area contributed by atoms with E-state index < -0.39 is 17.8 Å². The van der Waals surface area contributed by atoms with Crippen LogP contribution in [0.2, 0.25) is 0 Å². The van der Waals surface area contributed by atoms with E-state index in [1.807, 2.05) is 0 Å². The van der Waals surface area contributed by atoms with Crippen LogP contribution < -0.4 is 10.9 Å². The van der Waals surface area contributed by atoms with Gasteiger partial charge >= 0.3 is 5.97 Å². The van der Waals surface area contributed by atoms with Crippen molar-refractivity contribution in [3.63, 3.8) is 0 Å². The molecule has 0 radical (unpaired) electrons. The van der Waals surface area contributed by atoms with Crippen molar-refractivity contribution in [2.45, 2.75) is 19.3 Å². The molecule has 1 unspecified atom stereocenters. The predicted octanol–water partition coefficient (Wildman–Crippen LogP) is 0.622. The molecule has 0 aromatic carbocycles. The molecule has 22 heavy (non-hydrogen) atoms. The highest BCUT2D eigenvalue weighted by molar-refractivity contribution is 5.94. The zero-order chi connectivity index (χ0) is 15.9. The van der Waals surface area contributed by atoms with Crippen LogP contribution in [0.4, 0.5) is 0 Å². The normalized spacial score (nSPS) is 16.9. The SMILES string of the molecule is O=C(NCC(CC1CCOCC1)C(=O)O)c1ccc(=O)[nH]c1. The number of hydrogen-bond acceptors (Lipinski definition) is 4. The Morgan fingerprint density at radius 3 is 2.68 bits per heavy atom. The summed E-state index contributed by atoms with van der Waals surface area (Å²) in [7, 11) is 0.